The van der Waals surface area contributed by atoms with Crippen LogP contribution in [0.1, 0.15) is 18.7 Å². The van der Waals surface area contributed by atoms with Crippen molar-refractivity contribution < 1.29 is 13.6 Å². The van der Waals surface area contributed by atoms with Crippen molar-refractivity contribution in [2.75, 3.05) is 18.4 Å². The van der Waals surface area contributed by atoms with Crippen LogP contribution in [-0.2, 0) is 17.9 Å². The minimum absolute atomic E-state index is 0.0410. The number of benzene rings is 2. The number of nitrogens with one attached hydrogen (secondary N) is 2. The Balaban J connectivity index is 1.50. The average Bonchev–Trinajstić information content (AvgIpc) is 3.45. The SMILES string of the molecule is O=C([C@H]1CCCN1)N1CCn2c(nc(-c3ccc(F)cc3)c2Nc2ccc(Cl)c(F)c2)C1. The molecule has 9 heteroatoms. The Labute approximate surface area is 189 Å². The third kappa shape index (κ3) is 3.96. The summed E-state index contributed by atoms with van der Waals surface area (Å²) in [6.07, 6.45) is 1.85. The Hall–Kier alpha value is -2.97. The second-order valence-corrected chi connectivity index (χ2v) is 8.45. The maximum absolute atomic E-state index is 14.0. The van der Waals surface area contributed by atoms with Crippen molar-refractivity contribution in [3.8, 4) is 11.3 Å². The molecule has 0 unspecified atom stereocenters. The molecule has 2 aromatic carbocycles. The Morgan fingerprint density at radius 3 is 2.69 bits per heavy atom. The van der Waals surface area contributed by atoms with Crippen molar-refractivity contribution in [2.24, 2.45) is 0 Å². The number of anilines is 2. The van der Waals surface area contributed by atoms with E-state index in [9.17, 15) is 13.6 Å². The van der Waals surface area contributed by atoms with E-state index in [0.29, 0.717) is 36.8 Å². The predicted octanol–water partition coefficient (Wildman–Crippen LogP) is 4.32. The maximum Gasteiger partial charge on any atom is 0.240 e. The number of carbonyl (C=O) groups excluding carboxylic acids is 1. The van der Waals surface area contributed by atoms with Gasteiger partial charge in [-0.3, -0.25) is 4.79 Å². The van der Waals surface area contributed by atoms with E-state index in [4.69, 9.17) is 16.6 Å². The highest BCUT2D eigenvalue weighted by atomic mass is 35.5. The van der Waals surface area contributed by atoms with Gasteiger partial charge in [-0.2, -0.15) is 0 Å². The Kier molecular flexibility index (Phi) is 5.57. The fourth-order valence-electron chi connectivity index (χ4n) is 4.28. The van der Waals surface area contributed by atoms with Gasteiger partial charge in [0.05, 0.1) is 17.6 Å². The van der Waals surface area contributed by atoms with Gasteiger partial charge in [0.15, 0.2) is 0 Å². The monoisotopic (exact) mass is 457 g/mol. The molecule has 0 aliphatic carbocycles. The van der Waals surface area contributed by atoms with Crippen LogP contribution in [0, 0.1) is 11.6 Å². The lowest BCUT2D eigenvalue weighted by atomic mass is 10.1. The van der Waals surface area contributed by atoms with Crippen LogP contribution >= 0.6 is 11.6 Å². The molecule has 3 heterocycles. The van der Waals surface area contributed by atoms with Gasteiger partial charge in [-0.05, 0) is 61.9 Å². The van der Waals surface area contributed by atoms with E-state index < -0.39 is 5.82 Å². The zero-order valence-electron chi connectivity index (χ0n) is 17.2. The third-order valence-electron chi connectivity index (χ3n) is 5.94. The van der Waals surface area contributed by atoms with Gasteiger partial charge < -0.3 is 20.1 Å². The van der Waals surface area contributed by atoms with Gasteiger partial charge in [-0.25, -0.2) is 13.8 Å². The summed E-state index contributed by atoms with van der Waals surface area (Å²) >= 11 is 5.82. The first-order valence-electron chi connectivity index (χ1n) is 10.6. The van der Waals surface area contributed by atoms with Crippen LogP contribution < -0.4 is 10.6 Å². The van der Waals surface area contributed by atoms with Crippen molar-refractivity contribution in [1.29, 1.82) is 0 Å². The van der Waals surface area contributed by atoms with Crippen molar-refractivity contribution in [3.63, 3.8) is 0 Å². The van der Waals surface area contributed by atoms with Gasteiger partial charge in [0.1, 0.15) is 29.0 Å². The lowest BCUT2D eigenvalue weighted by Gasteiger charge is -2.30. The molecule has 1 amide bonds. The molecule has 6 nitrogen and oxygen atoms in total. The third-order valence-corrected chi connectivity index (χ3v) is 6.25. The Morgan fingerprint density at radius 1 is 1.16 bits per heavy atom. The fourth-order valence-corrected chi connectivity index (χ4v) is 4.40. The minimum atomic E-state index is -0.529. The molecule has 5 rings (SSSR count). The van der Waals surface area contributed by atoms with Crippen LogP contribution in [0.4, 0.5) is 20.3 Å². The molecular weight excluding hydrogens is 436 g/mol. The smallest absolute Gasteiger partial charge is 0.240 e. The molecule has 1 saturated heterocycles. The first kappa shape index (κ1) is 20.9. The van der Waals surface area contributed by atoms with Crippen LogP contribution in [0.2, 0.25) is 5.02 Å². The summed E-state index contributed by atoms with van der Waals surface area (Å²) < 4.78 is 29.5. The average molecular weight is 458 g/mol. The van der Waals surface area contributed by atoms with E-state index in [0.717, 1.165) is 30.8 Å². The molecule has 0 saturated carbocycles. The van der Waals surface area contributed by atoms with Crippen LogP contribution in [0.15, 0.2) is 42.5 Å². The number of halogens is 3. The van der Waals surface area contributed by atoms with Crippen molar-refractivity contribution in [1.82, 2.24) is 19.8 Å². The molecule has 1 aromatic heterocycles. The van der Waals surface area contributed by atoms with Crippen LogP contribution in [0.5, 0.6) is 0 Å². The molecule has 2 N–H and O–H groups in total. The standard InChI is InChI=1S/C23H22ClF2N5O/c24-17-8-7-16(12-18(17)26)28-22-21(14-3-5-15(25)6-4-14)29-20-13-30(10-11-31(20)22)23(32)19-2-1-9-27-19/h3-8,12,19,27-28H,1-2,9-11,13H2/t19-/m1/s1. The number of aromatic nitrogens is 2. The van der Waals surface area contributed by atoms with E-state index in [1.54, 1.807) is 18.2 Å². The summed E-state index contributed by atoms with van der Waals surface area (Å²) in [4.78, 5) is 19.5. The Bertz CT molecular complexity index is 1160. The number of amides is 1. The van der Waals surface area contributed by atoms with E-state index in [2.05, 4.69) is 10.6 Å². The number of nitrogens with zero attached hydrogens (tertiary/aromatic N) is 3. The topological polar surface area (TPSA) is 62.2 Å². The molecule has 166 valence electrons. The summed E-state index contributed by atoms with van der Waals surface area (Å²) in [5, 5.41) is 6.55. The van der Waals surface area contributed by atoms with Gasteiger partial charge >= 0.3 is 0 Å². The summed E-state index contributed by atoms with van der Waals surface area (Å²) in [7, 11) is 0. The number of fused-ring (bicyclic) bond motifs is 1. The highest BCUT2D eigenvalue weighted by molar-refractivity contribution is 6.30. The lowest BCUT2D eigenvalue weighted by Crippen LogP contribution is -2.46. The summed E-state index contributed by atoms with van der Waals surface area (Å²) in [6.45, 7) is 2.33. The maximum atomic E-state index is 14.0. The van der Waals surface area contributed by atoms with Gasteiger partial charge in [0.25, 0.3) is 0 Å². The normalized spacial score (nSPS) is 18.0. The van der Waals surface area contributed by atoms with Crippen molar-refractivity contribution in [3.05, 3.63) is 64.9 Å². The molecule has 0 bridgehead atoms. The predicted molar refractivity (Wildman–Crippen MR) is 119 cm³/mol. The molecule has 2 aliphatic rings. The molecule has 1 fully saturated rings. The molecule has 3 aromatic rings. The van der Waals surface area contributed by atoms with Crippen LogP contribution in [0.25, 0.3) is 11.3 Å². The van der Waals surface area contributed by atoms with E-state index in [1.807, 2.05) is 9.47 Å². The minimum Gasteiger partial charge on any atom is -0.340 e. The zero-order valence-corrected chi connectivity index (χ0v) is 18.0. The molecule has 32 heavy (non-hydrogen) atoms. The number of imidazole rings is 1. The largest absolute Gasteiger partial charge is 0.340 e. The quantitative estimate of drug-likeness (QED) is 0.612. The summed E-state index contributed by atoms with van der Waals surface area (Å²) in [5.41, 5.74) is 1.86. The molecule has 2 aliphatic heterocycles. The first-order chi connectivity index (χ1) is 15.5. The second kappa shape index (κ2) is 8.52. The van der Waals surface area contributed by atoms with E-state index in [-0.39, 0.29) is 22.8 Å². The molecule has 1 atom stereocenters. The second-order valence-electron chi connectivity index (χ2n) is 8.05. The van der Waals surface area contributed by atoms with Crippen LogP contribution in [0.3, 0.4) is 0 Å². The van der Waals surface area contributed by atoms with Crippen molar-refractivity contribution in [2.45, 2.75) is 32.0 Å². The van der Waals surface area contributed by atoms with Gasteiger partial charge in [0.2, 0.25) is 5.91 Å². The lowest BCUT2D eigenvalue weighted by molar-refractivity contribution is -0.134. The molecule has 0 radical (unpaired) electrons. The number of hydrogen-bond acceptors (Lipinski definition) is 4. The first-order valence-corrected chi connectivity index (χ1v) is 11.0. The van der Waals surface area contributed by atoms with Gasteiger partial charge in [-0.15, -0.1) is 0 Å². The highest BCUT2D eigenvalue weighted by Gasteiger charge is 2.31. The zero-order chi connectivity index (χ0) is 22.2. The number of rotatable bonds is 4. The molecular formula is C23H22ClF2N5O. The highest BCUT2D eigenvalue weighted by Crippen LogP contribution is 2.34. The summed E-state index contributed by atoms with van der Waals surface area (Å²) in [5.74, 6) is 0.611. The fraction of sp³-hybridized carbons (Fsp3) is 0.304. The number of hydrogen-bond donors (Lipinski definition) is 2. The van der Waals surface area contributed by atoms with Gasteiger partial charge in [0, 0.05) is 24.3 Å². The van der Waals surface area contributed by atoms with Gasteiger partial charge in [-0.1, -0.05) is 11.6 Å². The summed E-state index contributed by atoms with van der Waals surface area (Å²) in [6, 6.07) is 10.4. The van der Waals surface area contributed by atoms with E-state index >= 15 is 0 Å². The Morgan fingerprint density at radius 2 is 1.97 bits per heavy atom. The van der Waals surface area contributed by atoms with Crippen LogP contribution in [-0.4, -0.2) is 39.5 Å². The van der Waals surface area contributed by atoms with E-state index in [1.165, 1.54) is 24.3 Å². The van der Waals surface area contributed by atoms with Crippen molar-refractivity contribution >= 4 is 29.0 Å². The molecule has 0 spiro atoms. The number of carbonyl (C=O) groups is 1.